The zero-order valence-electron chi connectivity index (χ0n) is 21.1. The number of aryl methyl sites for hydroxylation is 1. The van der Waals surface area contributed by atoms with Gasteiger partial charge in [-0.3, -0.25) is 9.59 Å². The molecule has 1 N–H and O–H groups in total. The van der Waals surface area contributed by atoms with Crippen molar-refractivity contribution in [3.05, 3.63) is 99.5 Å². The van der Waals surface area contributed by atoms with Crippen LogP contribution in [0, 0.1) is 6.92 Å². The molecule has 0 heterocycles. The van der Waals surface area contributed by atoms with Gasteiger partial charge in [0.1, 0.15) is 11.8 Å². The van der Waals surface area contributed by atoms with E-state index in [1.54, 1.807) is 23.1 Å². The number of carbonyl (C=O) groups excluding carboxylic acids is 2. The normalized spacial score (nSPS) is 12.1. The van der Waals surface area contributed by atoms with Gasteiger partial charge in [-0.25, -0.2) is 0 Å². The fraction of sp³-hybridized carbons (Fsp3) is 0.310. The summed E-state index contributed by atoms with van der Waals surface area (Å²) in [7, 11) is 0. The summed E-state index contributed by atoms with van der Waals surface area (Å²) in [5, 5.41) is 3.84. The lowest BCUT2D eigenvalue weighted by molar-refractivity contribution is -0.143. The van der Waals surface area contributed by atoms with E-state index in [9.17, 15) is 9.59 Å². The minimum absolute atomic E-state index is 0.225. The quantitative estimate of drug-likeness (QED) is 0.359. The molecule has 0 aliphatic carbocycles. The van der Waals surface area contributed by atoms with Crippen LogP contribution in [0.2, 0.25) is 10.0 Å². The molecule has 0 saturated heterocycles. The van der Waals surface area contributed by atoms with E-state index in [1.807, 2.05) is 82.3 Å². The number of halogens is 2. The van der Waals surface area contributed by atoms with Gasteiger partial charge in [-0.15, -0.1) is 0 Å². The Morgan fingerprint density at radius 3 is 2.28 bits per heavy atom. The van der Waals surface area contributed by atoms with Gasteiger partial charge in [-0.1, -0.05) is 83.4 Å². The van der Waals surface area contributed by atoms with Crippen molar-refractivity contribution >= 4 is 35.0 Å². The van der Waals surface area contributed by atoms with E-state index in [0.717, 1.165) is 16.7 Å². The summed E-state index contributed by atoms with van der Waals surface area (Å²) in [6, 6.07) is 21.7. The van der Waals surface area contributed by atoms with Crippen LogP contribution in [-0.2, 0) is 22.6 Å². The highest BCUT2D eigenvalue weighted by molar-refractivity contribution is 6.35. The Labute approximate surface area is 223 Å². The first-order chi connectivity index (χ1) is 17.0. The number of ether oxygens (including phenoxy) is 1. The molecule has 2 amide bonds. The Morgan fingerprint density at radius 2 is 1.64 bits per heavy atom. The van der Waals surface area contributed by atoms with Crippen molar-refractivity contribution < 1.29 is 14.3 Å². The first-order valence-corrected chi connectivity index (χ1v) is 12.6. The number of hydrogen-bond acceptors (Lipinski definition) is 3. The summed E-state index contributed by atoms with van der Waals surface area (Å²) in [4.78, 5) is 28.8. The summed E-state index contributed by atoms with van der Waals surface area (Å²) < 4.78 is 5.76. The standard InChI is InChI=1S/C29H32Cl2N2O3/c1-20-9-8-12-22(15-20)18-33(27(34)19-36-26-14-13-23(30)17-24(26)31)25(28(35)32-29(2,3)4)16-21-10-6-5-7-11-21/h5-15,17,25H,16,18-19H2,1-4H3,(H,32,35)/t25-/m0/s1. The Balaban J connectivity index is 1.94. The second-order valence-corrected chi connectivity index (χ2v) is 10.7. The molecule has 3 aromatic carbocycles. The van der Waals surface area contributed by atoms with Gasteiger partial charge in [0.05, 0.1) is 5.02 Å². The van der Waals surface area contributed by atoms with E-state index >= 15 is 0 Å². The highest BCUT2D eigenvalue weighted by Gasteiger charge is 2.32. The lowest BCUT2D eigenvalue weighted by atomic mass is 10.0. The molecular weight excluding hydrogens is 495 g/mol. The number of benzene rings is 3. The van der Waals surface area contributed by atoms with Crippen LogP contribution in [-0.4, -0.2) is 34.9 Å². The number of nitrogens with zero attached hydrogens (tertiary/aromatic N) is 1. The number of nitrogens with one attached hydrogen (secondary N) is 1. The van der Waals surface area contributed by atoms with E-state index in [2.05, 4.69) is 5.32 Å². The monoisotopic (exact) mass is 526 g/mol. The molecular formula is C29H32Cl2N2O3. The van der Waals surface area contributed by atoms with Crippen molar-refractivity contribution in [1.29, 1.82) is 0 Å². The van der Waals surface area contributed by atoms with Gasteiger partial charge in [0.2, 0.25) is 5.91 Å². The van der Waals surface area contributed by atoms with Gasteiger partial charge in [-0.05, 0) is 57.0 Å². The van der Waals surface area contributed by atoms with E-state index in [1.165, 1.54) is 0 Å². The van der Waals surface area contributed by atoms with Crippen LogP contribution in [0.4, 0.5) is 0 Å². The van der Waals surface area contributed by atoms with Gasteiger partial charge < -0.3 is 15.0 Å². The van der Waals surface area contributed by atoms with Crippen LogP contribution in [0.3, 0.4) is 0 Å². The maximum atomic E-state index is 13.6. The second kappa shape index (κ2) is 12.3. The smallest absolute Gasteiger partial charge is 0.261 e. The van der Waals surface area contributed by atoms with Crippen molar-refractivity contribution in [3.63, 3.8) is 0 Å². The Kier molecular flexibility index (Phi) is 9.41. The van der Waals surface area contributed by atoms with Crippen LogP contribution in [0.15, 0.2) is 72.8 Å². The number of hydrogen-bond donors (Lipinski definition) is 1. The molecule has 0 aromatic heterocycles. The maximum Gasteiger partial charge on any atom is 0.261 e. The molecule has 0 aliphatic heterocycles. The van der Waals surface area contributed by atoms with Crippen LogP contribution in [0.25, 0.3) is 0 Å². The average molecular weight is 527 g/mol. The van der Waals surface area contributed by atoms with E-state index in [0.29, 0.717) is 22.2 Å². The summed E-state index contributed by atoms with van der Waals surface area (Å²) in [5.74, 6) is -0.201. The predicted octanol–water partition coefficient (Wildman–Crippen LogP) is 6.24. The predicted molar refractivity (Wildman–Crippen MR) is 146 cm³/mol. The van der Waals surface area contributed by atoms with E-state index < -0.39 is 11.6 Å². The number of carbonyl (C=O) groups is 2. The van der Waals surface area contributed by atoms with Gasteiger partial charge >= 0.3 is 0 Å². The SMILES string of the molecule is Cc1cccc(CN(C(=O)COc2ccc(Cl)cc2Cl)[C@@H](Cc2ccccc2)C(=O)NC(C)(C)C)c1. The Hall–Kier alpha value is -3.02. The molecule has 0 unspecified atom stereocenters. The van der Waals surface area contributed by atoms with Crippen LogP contribution in [0.5, 0.6) is 5.75 Å². The second-order valence-electron chi connectivity index (χ2n) is 9.82. The van der Waals surface area contributed by atoms with E-state index in [4.69, 9.17) is 27.9 Å². The highest BCUT2D eigenvalue weighted by Crippen LogP contribution is 2.27. The fourth-order valence-corrected chi connectivity index (χ4v) is 4.29. The first kappa shape index (κ1) is 27.6. The molecule has 0 bridgehead atoms. The van der Waals surface area contributed by atoms with Gasteiger partial charge in [-0.2, -0.15) is 0 Å². The molecule has 0 radical (unpaired) electrons. The topological polar surface area (TPSA) is 58.6 Å². The zero-order valence-corrected chi connectivity index (χ0v) is 22.6. The Bertz CT molecular complexity index is 1190. The number of amides is 2. The third kappa shape index (κ3) is 8.28. The minimum atomic E-state index is -0.746. The molecule has 0 aliphatic rings. The maximum absolute atomic E-state index is 13.6. The molecule has 7 heteroatoms. The molecule has 0 fully saturated rings. The zero-order chi connectivity index (χ0) is 26.3. The van der Waals surface area contributed by atoms with Gasteiger partial charge in [0.15, 0.2) is 6.61 Å². The molecule has 0 spiro atoms. The minimum Gasteiger partial charge on any atom is -0.482 e. The summed E-state index contributed by atoms with van der Waals surface area (Å²) in [6.07, 6.45) is 0.363. The fourth-order valence-electron chi connectivity index (χ4n) is 3.83. The lowest BCUT2D eigenvalue weighted by Crippen LogP contribution is -2.55. The van der Waals surface area contributed by atoms with Crippen molar-refractivity contribution in [2.45, 2.75) is 52.2 Å². The third-order valence-electron chi connectivity index (χ3n) is 5.45. The van der Waals surface area contributed by atoms with Gasteiger partial charge in [0.25, 0.3) is 5.91 Å². The van der Waals surface area contributed by atoms with E-state index in [-0.39, 0.29) is 25.0 Å². The summed E-state index contributed by atoms with van der Waals surface area (Å²) >= 11 is 12.2. The molecule has 3 rings (SSSR count). The van der Waals surface area contributed by atoms with Crippen molar-refractivity contribution in [3.8, 4) is 5.75 Å². The lowest BCUT2D eigenvalue weighted by Gasteiger charge is -2.34. The Morgan fingerprint density at radius 1 is 0.944 bits per heavy atom. The molecule has 190 valence electrons. The third-order valence-corrected chi connectivity index (χ3v) is 5.98. The van der Waals surface area contributed by atoms with Crippen LogP contribution in [0.1, 0.15) is 37.5 Å². The van der Waals surface area contributed by atoms with Crippen LogP contribution < -0.4 is 10.1 Å². The largest absolute Gasteiger partial charge is 0.482 e. The summed E-state index contributed by atoms with van der Waals surface area (Å²) in [6.45, 7) is 7.73. The van der Waals surface area contributed by atoms with Crippen molar-refractivity contribution in [1.82, 2.24) is 10.2 Å². The highest BCUT2D eigenvalue weighted by atomic mass is 35.5. The molecule has 36 heavy (non-hydrogen) atoms. The van der Waals surface area contributed by atoms with Gasteiger partial charge in [0, 0.05) is 23.5 Å². The molecule has 5 nitrogen and oxygen atoms in total. The number of rotatable bonds is 9. The average Bonchev–Trinajstić information content (AvgIpc) is 2.80. The van der Waals surface area contributed by atoms with Crippen molar-refractivity contribution in [2.75, 3.05) is 6.61 Å². The van der Waals surface area contributed by atoms with Crippen LogP contribution >= 0.6 is 23.2 Å². The first-order valence-electron chi connectivity index (χ1n) is 11.8. The van der Waals surface area contributed by atoms with Crippen molar-refractivity contribution in [2.24, 2.45) is 0 Å². The summed E-state index contributed by atoms with van der Waals surface area (Å²) in [5.41, 5.74) is 2.49. The molecule has 3 aromatic rings. The molecule has 0 saturated carbocycles. The molecule has 1 atom stereocenters.